The Hall–Kier alpha value is -0.0200. The van der Waals surface area contributed by atoms with Crippen LogP contribution in [0.5, 0.6) is 0 Å². The molecular weight excluding hydrogens is 189 g/mol. The van der Waals surface area contributed by atoms with E-state index in [0.29, 0.717) is 18.7 Å². The molecule has 1 heterocycles. The van der Waals surface area contributed by atoms with Crippen molar-refractivity contribution >= 4 is 8.25 Å². The second-order valence-electron chi connectivity index (χ2n) is 3.66. The Kier molecular flexibility index (Phi) is 4.26. The minimum absolute atomic E-state index is 0.325. The van der Waals surface area contributed by atoms with Crippen LogP contribution >= 0.6 is 8.25 Å². The lowest BCUT2D eigenvalue weighted by Crippen LogP contribution is -2.37. The molecule has 4 nitrogen and oxygen atoms in total. The quantitative estimate of drug-likeness (QED) is 0.708. The molecule has 0 radical (unpaired) electrons. The van der Waals surface area contributed by atoms with Gasteiger partial charge >= 0.3 is 8.25 Å². The van der Waals surface area contributed by atoms with Gasteiger partial charge in [0.25, 0.3) is 0 Å². The molecule has 0 spiro atoms. The van der Waals surface area contributed by atoms with Crippen LogP contribution in [0.1, 0.15) is 26.7 Å². The van der Waals surface area contributed by atoms with E-state index in [1.54, 1.807) is 0 Å². The van der Waals surface area contributed by atoms with Crippen molar-refractivity contribution in [3.63, 3.8) is 0 Å². The van der Waals surface area contributed by atoms with E-state index in [1.165, 1.54) is 0 Å². The third-order valence-electron chi connectivity index (χ3n) is 2.46. The molecule has 1 N–H and O–H groups in total. The zero-order chi connectivity index (χ0) is 9.84. The van der Waals surface area contributed by atoms with Gasteiger partial charge in [0.2, 0.25) is 0 Å². The molecule has 0 aromatic carbocycles. The maximum atomic E-state index is 10.3. The highest BCUT2D eigenvalue weighted by molar-refractivity contribution is 7.32. The number of likely N-dealkylation sites (tertiary alicyclic amines) is 1. The molecule has 0 aromatic heterocycles. The van der Waals surface area contributed by atoms with Crippen LogP contribution in [0, 0.1) is 0 Å². The highest BCUT2D eigenvalue weighted by Gasteiger charge is 2.29. The lowest BCUT2D eigenvalue weighted by atomic mass is 10.2. The van der Waals surface area contributed by atoms with Crippen molar-refractivity contribution in [2.24, 2.45) is 0 Å². The second-order valence-corrected chi connectivity index (χ2v) is 4.40. The molecule has 76 valence electrons. The van der Waals surface area contributed by atoms with Gasteiger partial charge in [-0.3, -0.25) is 4.90 Å². The molecule has 13 heavy (non-hydrogen) atoms. The third kappa shape index (κ3) is 3.31. The molecule has 2 atom stereocenters. The van der Waals surface area contributed by atoms with Crippen molar-refractivity contribution < 1.29 is 14.0 Å². The molecule has 0 bridgehead atoms. The van der Waals surface area contributed by atoms with Crippen molar-refractivity contribution in [3.05, 3.63) is 0 Å². The van der Waals surface area contributed by atoms with Crippen LogP contribution in [-0.2, 0) is 9.09 Å². The summed E-state index contributed by atoms with van der Waals surface area (Å²) in [6, 6.07) is 0.818. The fraction of sp³-hybridized carbons (Fsp3) is 1.00. The van der Waals surface area contributed by atoms with Gasteiger partial charge in [-0.2, -0.15) is 0 Å². The van der Waals surface area contributed by atoms with Gasteiger partial charge in [0.05, 0.1) is 0 Å². The van der Waals surface area contributed by atoms with Gasteiger partial charge in [0.15, 0.2) is 0 Å². The minimum Gasteiger partial charge on any atom is -0.296 e. The third-order valence-corrected chi connectivity index (χ3v) is 2.83. The van der Waals surface area contributed by atoms with Crippen molar-refractivity contribution in [2.45, 2.75) is 38.8 Å². The van der Waals surface area contributed by atoms with Gasteiger partial charge in [0, 0.05) is 16.6 Å². The second kappa shape index (κ2) is 5.01. The molecule has 1 unspecified atom stereocenters. The largest absolute Gasteiger partial charge is 0.694 e. The molecule has 0 saturated carbocycles. The fourth-order valence-electron chi connectivity index (χ4n) is 1.87. The standard InChI is InChI=1S/C8H16NO3P/c1-7(2)9-5-3-4-8(9)6-12-13(10)11/h7-8H,3-6H2,1-2H3/p+1/t8-/m0/s1. The molecule has 1 aliphatic heterocycles. The van der Waals surface area contributed by atoms with E-state index >= 15 is 0 Å². The lowest BCUT2D eigenvalue weighted by Gasteiger charge is -2.26. The van der Waals surface area contributed by atoms with Gasteiger partial charge in [-0.1, -0.05) is 0 Å². The van der Waals surface area contributed by atoms with E-state index in [4.69, 9.17) is 9.42 Å². The number of rotatable bonds is 4. The van der Waals surface area contributed by atoms with Crippen molar-refractivity contribution in [1.82, 2.24) is 4.90 Å². The molecule has 1 aliphatic rings. The molecule has 1 fully saturated rings. The number of hydrogen-bond donors (Lipinski definition) is 1. The predicted molar refractivity (Wildman–Crippen MR) is 50.6 cm³/mol. The average Bonchev–Trinajstić information content (AvgIpc) is 2.47. The summed E-state index contributed by atoms with van der Waals surface area (Å²) in [7, 11) is -2.43. The number of hydrogen-bond acceptors (Lipinski definition) is 3. The first-order valence-electron chi connectivity index (χ1n) is 4.66. The fourth-order valence-corrected chi connectivity index (χ4v) is 2.17. The highest BCUT2D eigenvalue weighted by Crippen LogP contribution is 2.23. The zero-order valence-corrected chi connectivity index (χ0v) is 9.04. The molecule has 0 aliphatic carbocycles. The summed E-state index contributed by atoms with van der Waals surface area (Å²) in [5.74, 6) is 0. The van der Waals surface area contributed by atoms with Crippen LogP contribution in [0.2, 0.25) is 0 Å². The predicted octanol–water partition coefficient (Wildman–Crippen LogP) is 1.53. The van der Waals surface area contributed by atoms with Crippen LogP contribution in [0.4, 0.5) is 0 Å². The normalized spacial score (nSPS) is 25.5. The Morgan fingerprint density at radius 1 is 1.69 bits per heavy atom. The van der Waals surface area contributed by atoms with E-state index in [-0.39, 0.29) is 0 Å². The summed E-state index contributed by atoms with van der Waals surface area (Å²) in [4.78, 5) is 10.8. The van der Waals surface area contributed by atoms with Gasteiger partial charge in [-0.15, -0.1) is 9.42 Å². The van der Waals surface area contributed by atoms with E-state index in [0.717, 1.165) is 19.4 Å². The van der Waals surface area contributed by atoms with Crippen LogP contribution in [0.25, 0.3) is 0 Å². The Bertz CT molecular complexity index is 186. The van der Waals surface area contributed by atoms with Gasteiger partial charge < -0.3 is 0 Å². The molecule has 0 aromatic rings. The van der Waals surface area contributed by atoms with E-state index in [1.807, 2.05) is 0 Å². The summed E-state index contributed by atoms with van der Waals surface area (Å²) in [6.45, 7) is 5.73. The Labute approximate surface area is 79.8 Å². The number of nitrogens with zero attached hydrogens (tertiary/aromatic N) is 1. The monoisotopic (exact) mass is 206 g/mol. The van der Waals surface area contributed by atoms with Crippen LogP contribution in [0.15, 0.2) is 0 Å². The summed E-state index contributed by atoms with van der Waals surface area (Å²) in [5, 5.41) is 0. The summed E-state index contributed by atoms with van der Waals surface area (Å²) >= 11 is 0. The first kappa shape index (κ1) is 11.1. The Balaban J connectivity index is 2.35. The van der Waals surface area contributed by atoms with E-state index < -0.39 is 8.25 Å². The molecule has 0 amide bonds. The van der Waals surface area contributed by atoms with Gasteiger partial charge in [-0.25, -0.2) is 0 Å². The first-order chi connectivity index (χ1) is 6.11. The first-order valence-corrected chi connectivity index (χ1v) is 5.79. The van der Waals surface area contributed by atoms with Crippen LogP contribution < -0.4 is 0 Å². The molecule has 5 heteroatoms. The summed E-state index contributed by atoms with van der Waals surface area (Å²) in [6.07, 6.45) is 2.23. The van der Waals surface area contributed by atoms with Crippen molar-refractivity contribution in [2.75, 3.05) is 13.2 Å². The molecular formula is C8H17NO3P+. The lowest BCUT2D eigenvalue weighted by molar-refractivity contribution is 0.140. The van der Waals surface area contributed by atoms with Crippen molar-refractivity contribution in [3.8, 4) is 0 Å². The van der Waals surface area contributed by atoms with Gasteiger partial charge in [-0.05, 0) is 33.2 Å². The minimum atomic E-state index is -2.43. The zero-order valence-electron chi connectivity index (χ0n) is 8.14. The SMILES string of the molecule is CC(C)N1CCC[C@H]1CO[P+](=O)O. The topological polar surface area (TPSA) is 49.8 Å². The Morgan fingerprint density at radius 2 is 2.38 bits per heavy atom. The Morgan fingerprint density at radius 3 is 2.92 bits per heavy atom. The highest BCUT2D eigenvalue weighted by atomic mass is 31.1. The van der Waals surface area contributed by atoms with Crippen LogP contribution in [0.3, 0.4) is 0 Å². The summed E-state index contributed by atoms with van der Waals surface area (Å²) in [5.41, 5.74) is 0. The summed E-state index contributed by atoms with van der Waals surface area (Å²) < 4.78 is 15.1. The van der Waals surface area contributed by atoms with E-state index in [2.05, 4.69) is 18.7 Å². The molecule has 1 rings (SSSR count). The van der Waals surface area contributed by atoms with E-state index in [9.17, 15) is 4.57 Å². The maximum absolute atomic E-state index is 10.3. The smallest absolute Gasteiger partial charge is 0.296 e. The molecule has 1 saturated heterocycles. The average molecular weight is 206 g/mol. The van der Waals surface area contributed by atoms with Gasteiger partial charge in [0.1, 0.15) is 6.61 Å². The maximum Gasteiger partial charge on any atom is 0.694 e. The van der Waals surface area contributed by atoms with Crippen molar-refractivity contribution in [1.29, 1.82) is 0 Å². The van der Waals surface area contributed by atoms with Crippen LogP contribution in [-0.4, -0.2) is 35.0 Å².